The maximum atomic E-state index is 14.6. The lowest BCUT2D eigenvalue weighted by molar-refractivity contribution is -0.159. The highest BCUT2D eigenvalue weighted by atomic mass is 16.5. The molecular formula is C30H39N3O5. The molecule has 1 N–H and O–H groups in total. The molecule has 38 heavy (non-hydrogen) atoms. The third-order valence-corrected chi connectivity index (χ3v) is 8.81. The molecule has 8 nitrogen and oxygen atoms in total. The normalized spacial score (nSPS) is 33.7. The Balaban J connectivity index is 1.69. The molecule has 0 aromatic heterocycles. The van der Waals surface area contributed by atoms with Crippen LogP contribution in [0.15, 0.2) is 54.6 Å². The van der Waals surface area contributed by atoms with Crippen molar-refractivity contribution < 1.29 is 24.2 Å². The number of carbonyl (C=O) groups is 3. The smallest absolute Gasteiger partial charge is 0.249 e. The van der Waals surface area contributed by atoms with Crippen molar-refractivity contribution in [1.29, 1.82) is 0 Å². The van der Waals surface area contributed by atoms with E-state index in [9.17, 15) is 19.5 Å². The number of likely N-dealkylation sites (tertiary alicyclic amines) is 1. The third kappa shape index (κ3) is 3.83. The van der Waals surface area contributed by atoms with Crippen LogP contribution in [0, 0.1) is 11.8 Å². The summed E-state index contributed by atoms with van der Waals surface area (Å²) in [6.45, 7) is 8.35. The van der Waals surface area contributed by atoms with Gasteiger partial charge in [-0.2, -0.15) is 0 Å². The second-order valence-corrected chi connectivity index (χ2v) is 12.0. The van der Waals surface area contributed by atoms with Crippen LogP contribution < -0.4 is 0 Å². The summed E-state index contributed by atoms with van der Waals surface area (Å²) in [5, 5.41) is 10.6. The van der Waals surface area contributed by atoms with Crippen LogP contribution in [0.3, 0.4) is 0 Å². The van der Waals surface area contributed by atoms with Crippen molar-refractivity contribution in [2.75, 3.05) is 26.7 Å². The Morgan fingerprint density at radius 1 is 1.00 bits per heavy atom. The van der Waals surface area contributed by atoms with E-state index in [1.165, 1.54) is 0 Å². The average Bonchev–Trinajstić information content (AvgIpc) is 3.18. The fraction of sp³-hybridized carbons (Fsp3) is 0.567. The highest BCUT2D eigenvalue weighted by molar-refractivity contribution is 6.00. The third-order valence-electron chi connectivity index (χ3n) is 8.81. The number of amides is 3. The molecule has 1 unspecified atom stereocenters. The van der Waals surface area contributed by atoms with E-state index in [4.69, 9.17) is 4.74 Å². The lowest BCUT2D eigenvalue weighted by atomic mass is 9.73. The largest absolute Gasteiger partial charge is 0.394 e. The number of fused-ring (bicyclic) bond motifs is 2. The van der Waals surface area contributed by atoms with Crippen LogP contribution in [-0.4, -0.2) is 93.1 Å². The fourth-order valence-corrected chi connectivity index (χ4v) is 6.96. The second kappa shape index (κ2) is 9.35. The summed E-state index contributed by atoms with van der Waals surface area (Å²) in [5.74, 6) is -2.34. The van der Waals surface area contributed by atoms with E-state index < -0.39 is 40.7 Å². The number of aliphatic hydroxyl groups excluding tert-OH is 1. The Hall–Kier alpha value is -2.97. The first-order valence-electron chi connectivity index (χ1n) is 13.6. The number of hydrogen-bond donors (Lipinski definition) is 1. The predicted octanol–water partition coefficient (Wildman–Crippen LogP) is 2.18. The van der Waals surface area contributed by atoms with E-state index in [1.807, 2.05) is 82.3 Å². The number of rotatable bonds is 5. The van der Waals surface area contributed by atoms with E-state index in [0.29, 0.717) is 25.9 Å². The van der Waals surface area contributed by atoms with Crippen molar-refractivity contribution >= 4 is 17.7 Å². The maximum absolute atomic E-state index is 14.6. The van der Waals surface area contributed by atoms with Gasteiger partial charge in [0.05, 0.1) is 30.1 Å². The fourth-order valence-electron chi connectivity index (χ4n) is 6.96. The zero-order chi connectivity index (χ0) is 27.5. The first-order chi connectivity index (χ1) is 18.0. The standard InChI is InChI=1S/C30H39N3O5/c1-6-29-14-10-16-31(5)25(35)22(29)23-26(36)33(21(19-34)18-20-12-8-7-9-13-20)24-27(37)32(28(2,3)4)17-11-15-30(23,24)38-29/h7-15,21-24,34H,6,16-19H2,1-5H3/t21-,22+,23+,24?,29-,30+/m1/s1. The van der Waals surface area contributed by atoms with Crippen molar-refractivity contribution in [3.63, 3.8) is 0 Å². The van der Waals surface area contributed by atoms with Gasteiger partial charge in [-0.1, -0.05) is 61.6 Å². The van der Waals surface area contributed by atoms with Crippen LogP contribution in [-0.2, 0) is 25.5 Å². The van der Waals surface area contributed by atoms with Crippen LogP contribution in [0.4, 0.5) is 0 Å². The van der Waals surface area contributed by atoms with Crippen molar-refractivity contribution in [1.82, 2.24) is 14.7 Å². The number of benzene rings is 1. The van der Waals surface area contributed by atoms with Crippen LogP contribution in [0.25, 0.3) is 0 Å². The molecule has 0 saturated carbocycles. The highest BCUT2D eigenvalue weighted by Crippen LogP contribution is 2.59. The molecule has 204 valence electrons. The lowest BCUT2D eigenvalue weighted by Crippen LogP contribution is -2.61. The first kappa shape index (κ1) is 26.6. The van der Waals surface area contributed by atoms with Gasteiger partial charge in [-0.05, 0) is 39.2 Å². The van der Waals surface area contributed by atoms with Gasteiger partial charge in [0, 0.05) is 25.7 Å². The van der Waals surface area contributed by atoms with Crippen LogP contribution >= 0.6 is 0 Å². The SMILES string of the molecule is CC[C@@]12C=CCN(C)C(=O)[C@@H]1[C@H]1C(=O)N([C@@H](CO)Cc3ccccc3)C3C(=O)N(C(C)(C)C)CC=C[C@@]31O2. The molecule has 1 spiro atoms. The summed E-state index contributed by atoms with van der Waals surface area (Å²) < 4.78 is 6.96. The molecule has 8 heteroatoms. The highest BCUT2D eigenvalue weighted by Gasteiger charge is 2.76. The summed E-state index contributed by atoms with van der Waals surface area (Å²) in [6, 6.07) is 7.99. The van der Waals surface area contributed by atoms with Crippen LogP contribution in [0.5, 0.6) is 0 Å². The molecule has 1 aromatic carbocycles. The number of ether oxygens (including phenoxy) is 1. The molecular weight excluding hydrogens is 482 g/mol. The molecule has 4 aliphatic heterocycles. The van der Waals surface area contributed by atoms with E-state index in [0.717, 1.165) is 5.56 Å². The molecule has 0 aliphatic carbocycles. The first-order valence-corrected chi connectivity index (χ1v) is 13.6. The Morgan fingerprint density at radius 2 is 1.68 bits per heavy atom. The van der Waals surface area contributed by atoms with Gasteiger partial charge in [-0.15, -0.1) is 0 Å². The lowest BCUT2D eigenvalue weighted by Gasteiger charge is -2.43. The molecule has 0 radical (unpaired) electrons. The predicted molar refractivity (Wildman–Crippen MR) is 143 cm³/mol. The Kier molecular flexibility index (Phi) is 6.55. The Morgan fingerprint density at radius 3 is 2.32 bits per heavy atom. The quantitative estimate of drug-likeness (QED) is 0.600. The maximum Gasteiger partial charge on any atom is 0.249 e. The van der Waals surface area contributed by atoms with Gasteiger partial charge in [0.15, 0.2) is 0 Å². The van der Waals surface area contributed by atoms with Crippen molar-refractivity contribution in [2.45, 2.75) is 69.4 Å². The topological polar surface area (TPSA) is 90.4 Å². The van der Waals surface area contributed by atoms with Gasteiger partial charge in [0.1, 0.15) is 11.6 Å². The summed E-state index contributed by atoms with van der Waals surface area (Å²) >= 11 is 0. The molecule has 6 atom stereocenters. The monoisotopic (exact) mass is 521 g/mol. The zero-order valence-corrected chi connectivity index (χ0v) is 23.0. The molecule has 5 rings (SSSR count). The zero-order valence-electron chi connectivity index (χ0n) is 23.0. The summed E-state index contributed by atoms with van der Waals surface area (Å²) in [7, 11) is 1.74. The van der Waals surface area contributed by atoms with Crippen molar-refractivity contribution in [3.05, 3.63) is 60.2 Å². The van der Waals surface area contributed by atoms with Gasteiger partial charge in [-0.25, -0.2) is 0 Å². The summed E-state index contributed by atoms with van der Waals surface area (Å²) in [6.07, 6.45) is 8.50. The van der Waals surface area contributed by atoms with Crippen molar-refractivity contribution in [2.24, 2.45) is 11.8 Å². The molecule has 1 aromatic rings. The summed E-state index contributed by atoms with van der Waals surface area (Å²) in [4.78, 5) is 47.8. The van der Waals surface area contributed by atoms with Gasteiger partial charge in [-0.3, -0.25) is 14.4 Å². The molecule has 0 bridgehead atoms. The Bertz CT molecular complexity index is 1170. The van der Waals surface area contributed by atoms with Crippen LogP contribution in [0.1, 0.15) is 39.7 Å². The van der Waals surface area contributed by atoms with Gasteiger partial charge >= 0.3 is 0 Å². The number of hydrogen-bond acceptors (Lipinski definition) is 5. The minimum atomic E-state index is -1.32. The van der Waals surface area contributed by atoms with E-state index in [-0.39, 0.29) is 24.3 Å². The second-order valence-electron chi connectivity index (χ2n) is 12.0. The van der Waals surface area contributed by atoms with E-state index in [1.54, 1.807) is 21.7 Å². The Labute approximate surface area is 224 Å². The molecule has 4 heterocycles. The van der Waals surface area contributed by atoms with Crippen molar-refractivity contribution in [3.8, 4) is 0 Å². The summed E-state index contributed by atoms with van der Waals surface area (Å²) in [5.41, 5.74) is -1.87. The van der Waals surface area contributed by atoms with Gasteiger partial charge in [0.2, 0.25) is 17.7 Å². The van der Waals surface area contributed by atoms with Crippen LogP contribution in [0.2, 0.25) is 0 Å². The molecule has 3 amide bonds. The van der Waals surface area contributed by atoms with Gasteiger partial charge in [0.25, 0.3) is 0 Å². The number of nitrogens with zero attached hydrogens (tertiary/aromatic N) is 3. The molecule has 2 fully saturated rings. The number of aliphatic hydroxyl groups is 1. The molecule has 4 aliphatic rings. The minimum Gasteiger partial charge on any atom is -0.394 e. The number of carbonyl (C=O) groups excluding carboxylic acids is 3. The minimum absolute atomic E-state index is 0.158. The number of likely N-dealkylation sites (N-methyl/N-ethyl adjacent to an activating group) is 1. The molecule has 2 saturated heterocycles. The van der Waals surface area contributed by atoms with E-state index >= 15 is 0 Å². The van der Waals surface area contributed by atoms with E-state index in [2.05, 4.69) is 0 Å². The average molecular weight is 522 g/mol. The van der Waals surface area contributed by atoms with Gasteiger partial charge < -0.3 is 24.5 Å².